The van der Waals surface area contributed by atoms with Crippen molar-refractivity contribution in [3.8, 4) is 11.5 Å². The van der Waals surface area contributed by atoms with Gasteiger partial charge in [0.1, 0.15) is 19.0 Å². The van der Waals surface area contributed by atoms with Gasteiger partial charge in [-0.2, -0.15) is 18.3 Å². The van der Waals surface area contributed by atoms with Gasteiger partial charge in [0.15, 0.2) is 23.1 Å². The molecule has 2 aromatic carbocycles. The Kier molecular flexibility index (Phi) is 10.6. The van der Waals surface area contributed by atoms with E-state index in [1.54, 1.807) is 12.1 Å². The van der Waals surface area contributed by atoms with Gasteiger partial charge in [-0.25, -0.2) is 8.78 Å². The number of hydrogen-bond donors (Lipinski definition) is 3. The molecule has 11 nitrogen and oxygen atoms in total. The van der Waals surface area contributed by atoms with Gasteiger partial charge in [0.2, 0.25) is 5.91 Å². The normalized spacial score (nSPS) is 13.1. The minimum Gasteiger partial charge on any atom is -0.493 e. The first-order chi connectivity index (χ1) is 21.0. The summed E-state index contributed by atoms with van der Waals surface area (Å²) < 4.78 is 79.8. The first-order valence-electron chi connectivity index (χ1n) is 13.6. The molecular formula is C28H32F5N7O4. The van der Waals surface area contributed by atoms with Crippen LogP contribution in [0.15, 0.2) is 47.7 Å². The standard InChI is InChI=1S/C28H32F5N7O4/c1-43-23-12-19-21(13-24(23)44-11-3-7-38(9-10-41)8-6-28(31,32)33)35-17-40(22-5-2-4-20(29)26(22)30)27(19)37-18-14-36-39(15-18)16-25(34)42/h2,4-5,12-15,37,41H,3,6-11,16-17H2,1H3,(H2,34,42). The fourth-order valence-corrected chi connectivity index (χ4v) is 4.58. The van der Waals surface area contributed by atoms with Crippen molar-refractivity contribution in [3.05, 3.63) is 64.9 Å². The second-order valence-electron chi connectivity index (χ2n) is 9.82. The summed E-state index contributed by atoms with van der Waals surface area (Å²) in [6.45, 7) is -0.265. The average Bonchev–Trinajstić information content (AvgIpc) is 3.40. The van der Waals surface area contributed by atoms with Crippen LogP contribution in [0.4, 0.5) is 33.3 Å². The Morgan fingerprint density at radius 1 is 1.18 bits per heavy atom. The van der Waals surface area contributed by atoms with Crippen LogP contribution in [0.2, 0.25) is 0 Å². The molecule has 4 rings (SSSR count). The number of ether oxygens (including phenoxy) is 2. The van der Waals surface area contributed by atoms with E-state index in [1.165, 1.54) is 46.1 Å². The maximum Gasteiger partial charge on any atom is 0.390 e. The number of hydrogen-bond acceptors (Lipinski definition) is 9. The topological polar surface area (TPSA) is 130 Å². The molecule has 0 unspecified atom stereocenters. The number of halogens is 5. The zero-order chi connectivity index (χ0) is 31.9. The van der Waals surface area contributed by atoms with Crippen molar-refractivity contribution in [1.82, 2.24) is 14.7 Å². The number of carbonyl (C=O) groups excluding carboxylic acids is 1. The number of rotatable bonds is 15. The summed E-state index contributed by atoms with van der Waals surface area (Å²) in [4.78, 5) is 18.8. The predicted octanol–water partition coefficient (Wildman–Crippen LogP) is 1.95. The molecule has 1 amide bonds. The number of nitrogens with one attached hydrogen (secondary N) is 1. The Balaban J connectivity index is 1.63. The van der Waals surface area contributed by atoms with E-state index in [1.807, 2.05) is 0 Å². The number of primary amides is 1. The molecule has 1 aliphatic heterocycles. The highest BCUT2D eigenvalue weighted by atomic mass is 19.4. The van der Waals surface area contributed by atoms with Gasteiger partial charge in [0.25, 0.3) is 0 Å². The summed E-state index contributed by atoms with van der Waals surface area (Å²) in [6.07, 6.45) is -1.95. The molecule has 16 heteroatoms. The van der Waals surface area contributed by atoms with Crippen LogP contribution < -0.4 is 36.0 Å². The lowest BCUT2D eigenvalue weighted by Crippen LogP contribution is -2.43. The number of aromatic nitrogens is 2. The fourth-order valence-electron chi connectivity index (χ4n) is 4.58. The molecule has 0 radical (unpaired) electrons. The summed E-state index contributed by atoms with van der Waals surface area (Å²) in [5, 5.41) is 17.3. The summed E-state index contributed by atoms with van der Waals surface area (Å²) in [7, 11) is 1.42. The Morgan fingerprint density at radius 2 is 1.98 bits per heavy atom. The summed E-state index contributed by atoms with van der Waals surface area (Å²) in [5.74, 6) is -1.80. The molecule has 0 fully saturated rings. The quantitative estimate of drug-likeness (QED) is 0.173. The Bertz CT molecular complexity index is 1580. The van der Waals surface area contributed by atoms with E-state index in [4.69, 9.17) is 15.2 Å². The Hall–Kier alpha value is -4.44. The smallest absolute Gasteiger partial charge is 0.390 e. The van der Waals surface area contributed by atoms with Crippen LogP contribution in [0.3, 0.4) is 0 Å². The molecule has 0 saturated carbocycles. The van der Waals surface area contributed by atoms with E-state index in [-0.39, 0.29) is 57.5 Å². The number of benzene rings is 2. The van der Waals surface area contributed by atoms with E-state index in [0.29, 0.717) is 34.3 Å². The minimum atomic E-state index is -4.30. The monoisotopic (exact) mass is 625 g/mol. The van der Waals surface area contributed by atoms with E-state index in [0.717, 1.165) is 6.07 Å². The number of alkyl halides is 3. The first kappa shape index (κ1) is 32.5. The molecule has 4 N–H and O–H groups in total. The highest BCUT2D eigenvalue weighted by molar-refractivity contribution is 5.78. The van der Waals surface area contributed by atoms with Gasteiger partial charge >= 0.3 is 6.18 Å². The largest absolute Gasteiger partial charge is 0.493 e. The van der Waals surface area contributed by atoms with E-state index in [9.17, 15) is 31.9 Å². The maximum absolute atomic E-state index is 14.9. The lowest BCUT2D eigenvalue weighted by atomic mass is 10.2. The molecule has 44 heavy (non-hydrogen) atoms. The average molecular weight is 626 g/mol. The van der Waals surface area contributed by atoms with Crippen LogP contribution in [-0.4, -0.2) is 78.5 Å². The van der Waals surface area contributed by atoms with Crippen molar-refractivity contribution in [2.24, 2.45) is 10.7 Å². The molecule has 1 aliphatic rings. The summed E-state index contributed by atoms with van der Waals surface area (Å²) in [6, 6.07) is 6.99. The fraction of sp³-hybridized carbons (Fsp3) is 0.393. The number of amides is 1. The number of methoxy groups -OCH3 is 1. The number of aliphatic hydroxyl groups is 1. The summed E-state index contributed by atoms with van der Waals surface area (Å²) >= 11 is 0. The zero-order valence-corrected chi connectivity index (χ0v) is 23.8. The van der Waals surface area contributed by atoms with Crippen molar-refractivity contribution in [1.29, 1.82) is 0 Å². The van der Waals surface area contributed by atoms with Gasteiger partial charge in [-0.1, -0.05) is 6.07 Å². The van der Waals surface area contributed by atoms with Crippen molar-refractivity contribution in [3.63, 3.8) is 0 Å². The third kappa shape index (κ3) is 8.35. The van der Waals surface area contributed by atoms with Crippen LogP contribution in [0, 0.1) is 11.6 Å². The molecule has 0 atom stereocenters. The van der Waals surface area contributed by atoms with Gasteiger partial charge in [-0.05, 0) is 24.6 Å². The second-order valence-corrected chi connectivity index (χ2v) is 9.82. The predicted molar refractivity (Wildman–Crippen MR) is 150 cm³/mol. The SMILES string of the molecule is COc1cc2c(cc1OCCCN(CCO)CCC(F)(F)F)=NCN(c1cccc(F)c1F)C=2Nc1cnn(CC(N)=O)c1. The van der Waals surface area contributed by atoms with Crippen LogP contribution in [0.25, 0.3) is 5.82 Å². The van der Waals surface area contributed by atoms with E-state index >= 15 is 0 Å². The molecule has 2 heterocycles. The van der Waals surface area contributed by atoms with Crippen molar-refractivity contribution < 1.29 is 41.3 Å². The molecular weight excluding hydrogens is 593 g/mol. The first-order valence-corrected chi connectivity index (χ1v) is 13.6. The Labute approximate surface area is 249 Å². The lowest BCUT2D eigenvalue weighted by Gasteiger charge is -2.29. The Morgan fingerprint density at radius 3 is 2.68 bits per heavy atom. The van der Waals surface area contributed by atoms with Crippen LogP contribution in [0.1, 0.15) is 12.8 Å². The van der Waals surface area contributed by atoms with Crippen molar-refractivity contribution in [2.75, 3.05) is 56.8 Å². The van der Waals surface area contributed by atoms with Crippen LogP contribution in [0.5, 0.6) is 11.5 Å². The van der Waals surface area contributed by atoms with Gasteiger partial charge in [-0.15, -0.1) is 0 Å². The summed E-state index contributed by atoms with van der Waals surface area (Å²) in [5.41, 5.74) is 5.60. The highest BCUT2D eigenvalue weighted by Crippen LogP contribution is 2.29. The number of nitrogens with zero attached hydrogens (tertiary/aromatic N) is 5. The van der Waals surface area contributed by atoms with E-state index < -0.39 is 30.1 Å². The number of carbonyl (C=O) groups is 1. The van der Waals surface area contributed by atoms with Gasteiger partial charge < -0.3 is 35.4 Å². The molecule has 238 valence electrons. The number of fused-ring (bicyclic) bond motifs is 1. The second kappa shape index (κ2) is 14.4. The number of anilines is 2. The zero-order valence-electron chi connectivity index (χ0n) is 23.8. The molecule has 0 aliphatic carbocycles. The van der Waals surface area contributed by atoms with Gasteiger partial charge in [0.05, 0.1) is 49.7 Å². The van der Waals surface area contributed by atoms with E-state index in [2.05, 4.69) is 15.4 Å². The lowest BCUT2D eigenvalue weighted by molar-refractivity contribution is -0.138. The van der Waals surface area contributed by atoms with Crippen LogP contribution >= 0.6 is 0 Å². The number of nitrogens with two attached hydrogens (primary N) is 1. The minimum absolute atomic E-state index is 0.0799. The number of aliphatic hydroxyl groups excluding tert-OH is 1. The van der Waals surface area contributed by atoms with Gasteiger partial charge in [-0.3, -0.25) is 14.5 Å². The molecule has 0 saturated heterocycles. The molecule has 0 bridgehead atoms. The highest BCUT2D eigenvalue weighted by Gasteiger charge is 2.28. The molecule has 3 aromatic rings. The third-order valence-electron chi connectivity index (χ3n) is 6.63. The van der Waals surface area contributed by atoms with Crippen molar-refractivity contribution >= 4 is 23.1 Å². The van der Waals surface area contributed by atoms with Crippen molar-refractivity contribution in [2.45, 2.75) is 25.6 Å². The maximum atomic E-state index is 14.9. The molecule has 1 aromatic heterocycles. The van der Waals surface area contributed by atoms with Crippen LogP contribution in [-0.2, 0) is 11.3 Å². The molecule has 0 spiro atoms. The third-order valence-corrected chi connectivity index (χ3v) is 6.63. The van der Waals surface area contributed by atoms with Gasteiger partial charge in [0, 0.05) is 37.1 Å².